The molecule has 0 aliphatic carbocycles. The number of hydrogen-bond acceptors (Lipinski definition) is 4. The molecular weight excluding hydrogens is 300 g/mol. The summed E-state index contributed by atoms with van der Waals surface area (Å²) in [5, 5.41) is 16.4. The lowest BCUT2D eigenvalue weighted by Crippen LogP contribution is -2.30. The van der Waals surface area contributed by atoms with E-state index in [1.54, 1.807) is 0 Å². The summed E-state index contributed by atoms with van der Waals surface area (Å²) in [6.45, 7) is 5.91. The first-order chi connectivity index (χ1) is 11.7. The third kappa shape index (κ3) is 4.81. The van der Waals surface area contributed by atoms with Crippen molar-refractivity contribution in [1.29, 1.82) is 0 Å². The van der Waals surface area contributed by atoms with Crippen molar-refractivity contribution >= 4 is 0 Å². The highest BCUT2D eigenvalue weighted by Crippen LogP contribution is 2.15. The Bertz CT molecular complexity index is 625. The van der Waals surface area contributed by atoms with E-state index in [1.807, 2.05) is 12.1 Å². The standard InChI is InChI=1S/C20H26N2O2/c1-15-2-4-17(5-3-15)14-24-19-8-6-16(7-9-19)10-21-11-18-12-22-13-20(18)23/h2-9,18,20-23H,10-14H2,1H3. The largest absolute Gasteiger partial charge is 0.489 e. The highest BCUT2D eigenvalue weighted by Gasteiger charge is 2.23. The van der Waals surface area contributed by atoms with Crippen LogP contribution in [0.4, 0.5) is 0 Å². The lowest BCUT2D eigenvalue weighted by atomic mass is 10.1. The minimum Gasteiger partial charge on any atom is -0.489 e. The van der Waals surface area contributed by atoms with Gasteiger partial charge in [0, 0.05) is 32.1 Å². The highest BCUT2D eigenvalue weighted by atomic mass is 16.5. The fourth-order valence-corrected chi connectivity index (χ4v) is 2.88. The van der Waals surface area contributed by atoms with Crippen molar-refractivity contribution in [1.82, 2.24) is 10.6 Å². The molecule has 0 aromatic heterocycles. The van der Waals surface area contributed by atoms with E-state index in [2.05, 4.69) is 54.0 Å². The van der Waals surface area contributed by atoms with Crippen LogP contribution in [-0.2, 0) is 13.2 Å². The predicted octanol–water partition coefficient (Wildman–Crippen LogP) is 2.24. The molecule has 1 fully saturated rings. The Balaban J connectivity index is 1.42. The van der Waals surface area contributed by atoms with Gasteiger partial charge in [0.05, 0.1) is 6.10 Å². The average molecular weight is 326 g/mol. The van der Waals surface area contributed by atoms with Gasteiger partial charge in [0.15, 0.2) is 0 Å². The van der Waals surface area contributed by atoms with E-state index in [9.17, 15) is 5.11 Å². The van der Waals surface area contributed by atoms with E-state index in [0.717, 1.165) is 25.4 Å². The van der Waals surface area contributed by atoms with Crippen molar-refractivity contribution in [2.24, 2.45) is 5.92 Å². The number of aliphatic hydroxyl groups is 1. The quantitative estimate of drug-likeness (QED) is 0.730. The van der Waals surface area contributed by atoms with Gasteiger partial charge in [0.2, 0.25) is 0 Å². The molecule has 0 bridgehead atoms. The van der Waals surface area contributed by atoms with Gasteiger partial charge in [-0.2, -0.15) is 0 Å². The Morgan fingerprint density at radius 2 is 1.75 bits per heavy atom. The van der Waals surface area contributed by atoms with Gasteiger partial charge in [-0.25, -0.2) is 0 Å². The summed E-state index contributed by atoms with van der Waals surface area (Å²) in [4.78, 5) is 0. The van der Waals surface area contributed by atoms with Crippen molar-refractivity contribution in [3.63, 3.8) is 0 Å². The minimum absolute atomic E-state index is 0.227. The van der Waals surface area contributed by atoms with Crippen molar-refractivity contribution in [3.05, 3.63) is 65.2 Å². The third-order valence-corrected chi connectivity index (χ3v) is 4.49. The molecule has 1 aliphatic rings. The molecule has 2 unspecified atom stereocenters. The first-order valence-electron chi connectivity index (χ1n) is 8.57. The predicted molar refractivity (Wildman–Crippen MR) is 96.0 cm³/mol. The molecular formula is C20H26N2O2. The smallest absolute Gasteiger partial charge is 0.119 e. The molecule has 1 heterocycles. The van der Waals surface area contributed by atoms with Crippen molar-refractivity contribution in [2.45, 2.75) is 26.2 Å². The van der Waals surface area contributed by atoms with Crippen molar-refractivity contribution < 1.29 is 9.84 Å². The molecule has 0 amide bonds. The lowest BCUT2D eigenvalue weighted by molar-refractivity contribution is 0.146. The molecule has 4 nitrogen and oxygen atoms in total. The number of aryl methyl sites for hydroxylation is 1. The summed E-state index contributed by atoms with van der Waals surface area (Å²) in [6, 6.07) is 16.6. The zero-order valence-electron chi connectivity index (χ0n) is 14.2. The van der Waals surface area contributed by atoms with Gasteiger partial charge in [-0.1, -0.05) is 42.0 Å². The van der Waals surface area contributed by atoms with Crippen LogP contribution in [-0.4, -0.2) is 30.8 Å². The molecule has 3 rings (SSSR count). The van der Waals surface area contributed by atoms with Crippen LogP contribution >= 0.6 is 0 Å². The number of nitrogens with one attached hydrogen (secondary N) is 2. The maximum absolute atomic E-state index is 9.77. The van der Waals surface area contributed by atoms with E-state index < -0.39 is 0 Å². The second-order valence-electron chi connectivity index (χ2n) is 6.53. The van der Waals surface area contributed by atoms with Gasteiger partial charge in [-0.15, -0.1) is 0 Å². The highest BCUT2D eigenvalue weighted by molar-refractivity contribution is 5.28. The molecule has 2 aromatic rings. The maximum Gasteiger partial charge on any atom is 0.119 e. The fraction of sp³-hybridized carbons (Fsp3) is 0.400. The molecule has 0 spiro atoms. The Hall–Kier alpha value is -1.88. The van der Waals surface area contributed by atoms with Crippen LogP contribution in [0.1, 0.15) is 16.7 Å². The van der Waals surface area contributed by atoms with Crippen LogP contribution in [0.15, 0.2) is 48.5 Å². The molecule has 0 saturated carbocycles. The van der Waals surface area contributed by atoms with Crippen molar-refractivity contribution in [2.75, 3.05) is 19.6 Å². The molecule has 2 atom stereocenters. The average Bonchev–Trinajstić information content (AvgIpc) is 3.01. The van der Waals surface area contributed by atoms with E-state index in [1.165, 1.54) is 16.7 Å². The number of ether oxygens (including phenoxy) is 1. The molecule has 3 N–H and O–H groups in total. The summed E-state index contributed by atoms with van der Waals surface area (Å²) in [7, 11) is 0. The van der Waals surface area contributed by atoms with Crippen LogP contribution in [0, 0.1) is 12.8 Å². The summed E-state index contributed by atoms with van der Waals surface area (Å²) in [5.74, 6) is 1.19. The number of hydrogen-bond donors (Lipinski definition) is 3. The third-order valence-electron chi connectivity index (χ3n) is 4.49. The van der Waals surface area contributed by atoms with Gasteiger partial charge in [0.1, 0.15) is 12.4 Å². The Kier molecular flexibility index (Phi) is 5.86. The second kappa shape index (κ2) is 8.29. The van der Waals surface area contributed by atoms with Gasteiger partial charge >= 0.3 is 0 Å². The normalized spacial score (nSPS) is 20.2. The molecule has 128 valence electrons. The van der Waals surface area contributed by atoms with E-state index in [4.69, 9.17) is 4.74 Å². The van der Waals surface area contributed by atoms with Gasteiger partial charge < -0.3 is 20.5 Å². The van der Waals surface area contributed by atoms with Gasteiger partial charge in [-0.3, -0.25) is 0 Å². The first kappa shape index (κ1) is 17.0. The summed E-state index contributed by atoms with van der Waals surface area (Å²) >= 11 is 0. The molecule has 1 aliphatic heterocycles. The summed E-state index contributed by atoms with van der Waals surface area (Å²) in [6.07, 6.45) is -0.227. The van der Waals surface area contributed by atoms with Crippen LogP contribution < -0.4 is 15.4 Å². The number of benzene rings is 2. The summed E-state index contributed by atoms with van der Waals surface area (Å²) < 4.78 is 5.83. The lowest BCUT2D eigenvalue weighted by Gasteiger charge is -2.14. The summed E-state index contributed by atoms with van der Waals surface area (Å²) in [5.41, 5.74) is 3.66. The molecule has 1 saturated heterocycles. The monoisotopic (exact) mass is 326 g/mol. The Morgan fingerprint density at radius 3 is 2.42 bits per heavy atom. The molecule has 0 radical (unpaired) electrons. The minimum atomic E-state index is -0.227. The van der Waals surface area contributed by atoms with Crippen LogP contribution in [0.2, 0.25) is 0 Å². The number of rotatable bonds is 7. The second-order valence-corrected chi connectivity index (χ2v) is 6.53. The van der Waals surface area contributed by atoms with Crippen LogP contribution in [0.5, 0.6) is 5.75 Å². The molecule has 24 heavy (non-hydrogen) atoms. The maximum atomic E-state index is 9.77. The zero-order valence-corrected chi connectivity index (χ0v) is 14.2. The Labute approximate surface area is 143 Å². The van der Waals surface area contributed by atoms with E-state index in [-0.39, 0.29) is 6.10 Å². The number of β-amino-alcohol motifs (C(OH)–C–C–N with tert-alkyl or cyclic N) is 1. The van der Waals surface area contributed by atoms with Gasteiger partial charge in [-0.05, 0) is 30.2 Å². The van der Waals surface area contributed by atoms with Crippen LogP contribution in [0.3, 0.4) is 0 Å². The number of aliphatic hydroxyl groups excluding tert-OH is 1. The van der Waals surface area contributed by atoms with Crippen molar-refractivity contribution in [3.8, 4) is 5.75 Å². The molecule has 2 aromatic carbocycles. The van der Waals surface area contributed by atoms with E-state index in [0.29, 0.717) is 19.1 Å². The van der Waals surface area contributed by atoms with E-state index >= 15 is 0 Å². The van der Waals surface area contributed by atoms with Gasteiger partial charge in [0.25, 0.3) is 0 Å². The zero-order chi connectivity index (χ0) is 16.8. The molecule has 4 heteroatoms. The first-order valence-corrected chi connectivity index (χ1v) is 8.57. The fourth-order valence-electron chi connectivity index (χ4n) is 2.88. The SMILES string of the molecule is Cc1ccc(COc2ccc(CNCC3CNCC3O)cc2)cc1. The van der Waals surface area contributed by atoms with Crippen LogP contribution in [0.25, 0.3) is 0 Å². The Morgan fingerprint density at radius 1 is 1.04 bits per heavy atom. The topological polar surface area (TPSA) is 53.5 Å².